The van der Waals surface area contributed by atoms with Crippen molar-refractivity contribution >= 4 is 0 Å². The molecule has 0 aromatic carbocycles. The first-order valence-corrected chi connectivity index (χ1v) is 17.5. The van der Waals surface area contributed by atoms with Gasteiger partial charge < -0.3 is 38.6 Å². The molecule has 4 aliphatic heterocycles. The van der Waals surface area contributed by atoms with Gasteiger partial charge in [-0.2, -0.15) is 0 Å². The summed E-state index contributed by atoms with van der Waals surface area (Å²) in [5, 5.41) is 21.7. The number of aliphatic hydroxyl groups excluding tert-OH is 2. The van der Waals surface area contributed by atoms with E-state index in [0.29, 0.717) is 53.6 Å². The highest BCUT2D eigenvalue weighted by atomic mass is 16.8. The fourth-order valence-electron chi connectivity index (χ4n) is 11.8. The predicted octanol–water partition coefficient (Wildman–Crippen LogP) is 4.95. The normalized spacial score (nSPS) is 59.5. The summed E-state index contributed by atoms with van der Waals surface area (Å²) in [4.78, 5) is 0. The van der Waals surface area contributed by atoms with E-state index in [1.54, 1.807) is 6.92 Å². The fourth-order valence-corrected chi connectivity index (χ4v) is 11.8. The van der Waals surface area contributed by atoms with Gasteiger partial charge >= 0.3 is 0 Å². The zero-order valence-electron chi connectivity index (χ0n) is 26.8. The van der Waals surface area contributed by atoms with Crippen molar-refractivity contribution < 1.29 is 38.6 Å². The molecule has 0 aromatic heterocycles. The molecule has 3 saturated carbocycles. The molecule has 43 heavy (non-hydrogen) atoms. The molecule has 0 radical (unpaired) electrons. The Kier molecular flexibility index (Phi) is 7.25. The summed E-state index contributed by atoms with van der Waals surface area (Å²) in [6.45, 7) is 12.8. The Hall–Kier alpha value is -0.580. The highest BCUT2D eigenvalue weighted by molar-refractivity contribution is 5.26. The summed E-state index contributed by atoms with van der Waals surface area (Å²) in [5.41, 5.74) is 2.04. The van der Waals surface area contributed by atoms with Crippen LogP contribution in [0.1, 0.15) is 92.4 Å². The van der Waals surface area contributed by atoms with Crippen LogP contribution in [0, 0.1) is 46.3 Å². The Balaban J connectivity index is 0.954. The van der Waals surface area contributed by atoms with Gasteiger partial charge in [0, 0.05) is 12.3 Å². The van der Waals surface area contributed by atoms with Crippen molar-refractivity contribution in [3.05, 3.63) is 11.6 Å². The van der Waals surface area contributed by atoms with E-state index in [4.69, 9.17) is 28.4 Å². The quantitative estimate of drug-likeness (QED) is 0.429. The third-order valence-electron chi connectivity index (χ3n) is 14.1. The molecule has 1 spiro atoms. The van der Waals surface area contributed by atoms with Crippen LogP contribution in [0.15, 0.2) is 11.6 Å². The molecule has 2 N–H and O–H groups in total. The van der Waals surface area contributed by atoms with Crippen LogP contribution in [0.4, 0.5) is 0 Å². The van der Waals surface area contributed by atoms with E-state index in [-0.39, 0.29) is 17.3 Å². The topological polar surface area (TPSA) is 95.8 Å². The van der Waals surface area contributed by atoms with Crippen molar-refractivity contribution in [3.8, 4) is 0 Å². The van der Waals surface area contributed by atoms with Crippen LogP contribution in [-0.2, 0) is 28.4 Å². The maximum atomic E-state index is 10.9. The number of hydrogen-bond acceptors (Lipinski definition) is 8. The van der Waals surface area contributed by atoms with E-state index in [1.165, 1.54) is 31.3 Å². The van der Waals surface area contributed by atoms with Gasteiger partial charge in [-0.05, 0) is 98.7 Å². The lowest BCUT2D eigenvalue weighted by Crippen LogP contribution is -2.63. The molecule has 242 valence electrons. The van der Waals surface area contributed by atoms with Crippen LogP contribution in [0.25, 0.3) is 0 Å². The molecule has 4 saturated heterocycles. The molecule has 0 aromatic rings. The predicted molar refractivity (Wildman–Crippen MR) is 158 cm³/mol. The molecular formula is C35H54O8. The van der Waals surface area contributed by atoms with E-state index < -0.39 is 37.0 Å². The number of aliphatic hydroxyl groups is 2. The van der Waals surface area contributed by atoms with Crippen LogP contribution < -0.4 is 0 Å². The second-order valence-corrected chi connectivity index (χ2v) is 16.3. The Bertz CT molecular complexity index is 1100. The van der Waals surface area contributed by atoms with Crippen LogP contribution >= 0.6 is 0 Å². The van der Waals surface area contributed by atoms with Crippen molar-refractivity contribution in [1.82, 2.24) is 0 Å². The van der Waals surface area contributed by atoms with Gasteiger partial charge in [0.1, 0.15) is 24.4 Å². The number of ether oxygens (including phenoxy) is 6. The second kappa shape index (κ2) is 10.5. The van der Waals surface area contributed by atoms with Crippen molar-refractivity contribution in [2.24, 2.45) is 46.3 Å². The molecule has 8 aliphatic rings. The molecule has 3 unspecified atom stereocenters. The number of allylic oxidation sites excluding steroid dienone is 1. The second-order valence-electron chi connectivity index (χ2n) is 16.3. The Labute approximate surface area is 257 Å². The van der Waals surface area contributed by atoms with Gasteiger partial charge in [-0.1, -0.05) is 39.3 Å². The van der Waals surface area contributed by atoms with Crippen LogP contribution in [-0.4, -0.2) is 78.4 Å². The molecule has 0 amide bonds. The third kappa shape index (κ3) is 4.44. The average molecular weight is 603 g/mol. The van der Waals surface area contributed by atoms with Crippen molar-refractivity contribution in [2.75, 3.05) is 13.2 Å². The first-order valence-electron chi connectivity index (χ1n) is 17.5. The molecule has 4 heterocycles. The molecule has 7 fully saturated rings. The Morgan fingerprint density at radius 1 is 0.907 bits per heavy atom. The summed E-state index contributed by atoms with van der Waals surface area (Å²) in [6, 6.07) is 0. The molecule has 17 atom stereocenters. The highest BCUT2D eigenvalue weighted by Gasteiger charge is 2.68. The van der Waals surface area contributed by atoms with Crippen LogP contribution in [0.3, 0.4) is 0 Å². The van der Waals surface area contributed by atoms with Gasteiger partial charge in [-0.3, -0.25) is 0 Å². The minimum Gasteiger partial charge on any atom is -0.387 e. The van der Waals surface area contributed by atoms with E-state index >= 15 is 0 Å². The minimum atomic E-state index is -1.14. The first-order chi connectivity index (χ1) is 20.5. The zero-order chi connectivity index (χ0) is 29.9. The lowest BCUT2D eigenvalue weighted by atomic mass is 9.47. The first kappa shape index (κ1) is 29.8. The molecule has 8 nitrogen and oxygen atoms in total. The highest BCUT2D eigenvalue weighted by Crippen LogP contribution is 2.70. The van der Waals surface area contributed by atoms with Crippen LogP contribution in [0.5, 0.6) is 0 Å². The maximum absolute atomic E-state index is 10.9. The Morgan fingerprint density at radius 2 is 1.74 bits per heavy atom. The molecule has 8 rings (SSSR count). The monoisotopic (exact) mass is 602 g/mol. The lowest BCUT2D eigenvalue weighted by Gasteiger charge is -2.58. The van der Waals surface area contributed by atoms with Crippen LogP contribution in [0.2, 0.25) is 0 Å². The number of rotatable bonds is 2. The molecule has 8 heteroatoms. The summed E-state index contributed by atoms with van der Waals surface area (Å²) < 4.78 is 37.3. The van der Waals surface area contributed by atoms with Gasteiger partial charge in [0.05, 0.1) is 25.4 Å². The van der Waals surface area contributed by atoms with Gasteiger partial charge in [0.2, 0.25) is 0 Å². The van der Waals surface area contributed by atoms with Crippen molar-refractivity contribution in [3.63, 3.8) is 0 Å². The summed E-state index contributed by atoms with van der Waals surface area (Å²) >= 11 is 0. The summed E-state index contributed by atoms with van der Waals surface area (Å²) in [5.74, 6) is 3.44. The fraction of sp³-hybridized carbons (Fsp3) is 0.943. The lowest BCUT2D eigenvalue weighted by molar-refractivity contribution is -0.362. The standard InChI is InChI=1S/C35H54O8/c1-18-8-13-35(39-16-18)19(2)28-26(43-35)15-25-23-7-6-21-14-22(9-11-33(21,4)24(23)10-12-34(25,28)5)41-32-30(37)29(36)31-27(42-32)17-38-20(3)40-31/h6,18-20,22-32,36-37H,7-17H2,1-5H3/t18-,19+,20?,22+,23-,24+,25+,26+,27?,28+,29-,30?,31-,32-,33+,34+,35-/m1/s1. The van der Waals surface area contributed by atoms with E-state index in [2.05, 4.69) is 33.8 Å². The van der Waals surface area contributed by atoms with E-state index in [1.807, 2.05) is 0 Å². The van der Waals surface area contributed by atoms with E-state index in [9.17, 15) is 10.2 Å². The largest absolute Gasteiger partial charge is 0.387 e. The van der Waals surface area contributed by atoms with Gasteiger partial charge in [0.25, 0.3) is 0 Å². The van der Waals surface area contributed by atoms with Crippen molar-refractivity contribution in [2.45, 2.75) is 147 Å². The molecule has 0 bridgehead atoms. The SMILES string of the molecule is CC1OCC2O[C@@H](O[C@H]3CC[C@@]4(C)C(=CC[C@H]5[C@@H]6C[C@@H]7O[C@]8(CC[C@@H](C)CO8)[C@@H](C)[C@@H]7[C@@]6(C)CC[C@@H]54)C3)C(O)[C@@H](O)[C@@H]2O1. The maximum Gasteiger partial charge on any atom is 0.186 e. The van der Waals surface area contributed by atoms with Gasteiger partial charge in [0.15, 0.2) is 18.4 Å². The third-order valence-corrected chi connectivity index (χ3v) is 14.1. The smallest absolute Gasteiger partial charge is 0.186 e. The summed E-state index contributed by atoms with van der Waals surface area (Å²) in [7, 11) is 0. The van der Waals surface area contributed by atoms with Gasteiger partial charge in [-0.25, -0.2) is 0 Å². The van der Waals surface area contributed by atoms with E-state index in [0.717, 1.165) is 38.7 Å². The van der Waals surface area contributed by atoms with Crippen molar-refractivity contribution in [1.29, 1.82) is 0 Å². The van der Waals surface area contributed by atoms with Gasteiger partial charge in [-0.15, -0.1) is 0 Å². The summed E-state index contributed by atoms with van der Waals surface area (Å²) in [6.07, 6.45) is 8.36. The zero-order valence-corrected chi connectivity index (χ0v) is 26.8. The Morgan fingerprint density at radius 3 is 2.53 bits per heavy atom. The number of fused-ring (bicyclic) bond motifs is 8. The minimum absolute atomic E-state index is 0.0352. The molecular weight excluding hydrogens is 548 g/mol. The average Bonchev–Trinajstić information content (AvgIpc) is 3.43. The number of hydrogen-bond donors (Lipinski definition) is 2. The molecule has 4 aliphatic carbocycles.